The van der Waals surface area contributed by atoms with Crippen LogP contribution in [0.3, 0.4) is 0 Å². The highest BCUT2D eigenvalue weighted by Crippen LogP contribution is 2.32. The second-order valence-corrected chi connectivity index (χ2v) is 4.16. The topological polar surface area (TPSA) is 12.5 Å². The number of ether oxygens (including phenoxy) is 1. The normalized spacial score (nSPS) is 19.2. The van der Waals surface area contributed by atoms with E-state index in [1.54, 1.807) is 12.1 Å². The number of piperidine rings is 1. The van der Waals surface area contributed by atoms with Crippen LogP contribution in [0, 0.1) is 5.82 Å². The molecule has 0 amide bonds. The lowest BCUT2D eigenvalue weighted by atomic mass is 10.1. The van der Waals surface area contributed by atoms with Crippen molar-refractivity contribution in [2.24, 2.45) is 0 Å². The summed E-state index contributed by atoms with van der Waals surface area (Å²) in [6, 6.07) is 4.42. The molecule has 2 rings (SSSR count). The van der Waals surface area contributed by atoms with Gasteiger partial charge in [0.15, 0.2) is 11.6 Å². The van der Waals surface area contributed by atoms with Crippen LogP contribution in [0.15, 0.2) is 18.2 Å². The molecule has 0 spiro atoms. The van der Waals surface area contributed by atoms with Gasteiger partial charge in [0.2, 0.25) is 0 Å². The summed E-state index contributed by atoms with van der Waals surface area (Å²) in [7, 11) is 1.38. The zero-order valence-corrected chi connectivity index (χ0v) is 9.55. The first kappa shape index (κ1) is 12.1. The van der Waals surface area contributed by atoms with Crippen LogP contribution in [0.25, 0.3) is 0 Å². The van der Waals surface area contributed by atoms with Crippen LogP contribution >= 0.6 is 0 Å². The first-order chi connectivity index (χ1) is 8.02. The molecule has 2 nitrogen and oxygen atoms in total. The maximum atomic E-state index is 13.2. The van der Waals surface area contributed by atoms with Gasteiger partial charge in [-0.1, -0.05) is 0 Å². The van der Waals surface area contributed by atoms with Gasteiger partial charge in [0, 0.05) is 37.7 Å². The molecule has 0 N–H and O–H groups in total. The summed E-state index contributed by atoms with van der Waals surface area (Å²) in [5.41, 5.74) is 0.721. The SMILES string of the molecule is COc1cc(N2CCC(F)(F)CC2)ccc1F. The Morgan fingerprint density at radius 1 is 1.24 bits per heavy atom. The van der Waals surface area contributed by atoms with Gasteiger partial charge in [0.25, 0.3) is 5.92 Å². The van der Waals surface area contributed by atoms with Crippen molar-refractivity contribution < 1.29 is 17.9 Å². The molecule has 1 fully saturated rings. The molecule has 94 valence electrons. The molecule has 0 atom stereocenters. The Kier molecular flexibility index (Phi) is 3.17. The van der Waals surface area contributed by atoms with Gasteiger partial charge in [-0.25, -0.2) is 13.2 Å². The summed E-state index contributed by atoms with van der Waals surface area (Å²) >= 11 is 0. The first-order valence-corrected chi connectivity index (χ1v) is 5.48. The second kappa shape index (κ2) is 4.47. The molecule has 1 saturated heterocycles. The molecule has 17 heavy (non-hydrogen) atoms. The van der Waals surface area contributed by atoms with Crippen LogP contribution in [0.2, 0.25) is 0 Å². The fraction of sp³-hybridized carbons (Fsp3) is 0.500. The van der Waals surface area contributed by atoms with E-state index < -0.39 is 11.7 Å². The number of methoxy groups -OCH3 is 1. The Labute approximate surface area is 98.0 Å². The number of hydrogen-bond acceptors (Lipinski definition) is 2. The predicted octanol–water partition coefficient (Wildman–Crippen LogP) is 3.07. The molecule has 1 heterocycles. The maximum absolute atomic E-state index is 13.2. The molecule has 0 saturated carbocycles. The fourth-order valence-electron chi connectivity index (χ4n) is 1.94. The molecule has 1 aliphatic heterocycles. The van der Waals surface area contributed by atoms with Crippen LogP contribution < -0.4 is 9.64 Å². The van der Waals surface area contributed by atoms with Gasteiger partial charge < -0.3 is 9.64 Å². The number of benzene rings is 1. The van der Waals surface area contributed by atoms with Gasteiger partial charge in [0.1, 0.15) is 0 Å². The Morgan fingerprint density at radius 2 is 1.88 bits per heavy atom. The van der Waals surface area contributed by atoms with E-state index in [1.165, 1.54) is 13.2 Å². The average Bonchev–Trinajstić information content (AvgIpc) is 2.30. The van der Waals surface area contributed by atoms with E-state index in [9.17, 15) is 13.2 Å². The van der Waals surface area contributed by atoms with E-state index in [0.717, 1.165) is 5.69 Å². The van der Waals surface area contributed by atoms with Crippen molar-refractivity contribution in [1.29, 1.82) is 0 Å². The van der Waals surface area contributed by atoms with Crippen LogP contribution in [0.1, 0.15) is 12.8 Å². The summed E-state index contributed by atoms with van der Waals surface area (Å²) in [5.74, 6) is -2.88. The zero-order valence-electron chi connectivity index (χ0n) is 9.55. The van der Waals surface area contributed by atoms with Gasteiger partial charge >= 0.3 is 0 Å². The van der Waals surface area contributed by atoms with Crippen LogP contribution in [-0.2, 0) is 0 Å². The van der Waals surface area contributed by atoms with E-state index >= 15 is 0 Å². The average molecular weight is 245 g/mol. The van der Waals surface area contributed by atoms with Crippen LogP contribution in [-0.4, -0.2) is 26.1 Å². The molecule has 0 bridgehead atoms. The Bertz CT molecular complexity index is 399. The van der Waals surface area contributed by atoms with Crippen LogP contribution in [0.5, 0.6) is 5.75 Å². The van der Waals surface area contributed by atoms with E-state index in [4.69, 9.17) is 4.74 Å². The third-order valence-corrected chi connectivity index (χ3v) is 2.99. The Morgan fingerprint density at radius 3 is 2.47 bits per heavy atom. The van der Waals surface area contributed by atoms with Crippen LogP contribution in [0.4, 0.5) is 18.9 Å². The largest absolute Gasteiger partial charge is 0.494 e. The Balaban J connectivity index is 2.13. The number of halogens is 3. The molecule has 1 aromatic carbocycles. The van der Waals surface area contributed by atoms with Gasteiger partial charge in [-0.15, -0.1) is 0 Å². The van der Waals surface area contributed by atoms with Crippen molar-refractivity contribution in [3.8, 4) is 5.75 Å². The van der Waals surface area contributed by atoms with E-state index in [2.05, 4.69) is 0 Å². The molecule has 0 unspecified atom stereocenters. The molecule has 1 aliphatic rings. The smallest absolute Gasteiger partial charge is 0.251 e. The summed E-state index contributed by atoms with van der Waals surface area (Å²) in [6.07, 6.45) is -0.320. The number of alkyl halides is 2. The molecule has 1 aromatic rings. The molecule has 0 aromatic heterocycles. The lowest BCUT2D eigenvalue weighted by Gasteiger charge is -2.33. The second-order valence-electron chi connectivity index (χ2n) is 4.16. The number of rotatable bonds is 2. The molecule has 5 heteroatoms. The lowest BCUT2D eigenvalue weighted by Crippen LogP contribution is -2.39. The molecular formula is C12H14F3NO. The fourth-order valence-corrected chi connectivity index (χ4v) is 1.94. The van der Waals surface area contributed by atoms with Crippen molar-refractivity contribution in [1.82, 2.24) is 0 Å². The minimum absolute atomic E-state index is 0.139. The third-order valence-electron chi connectivity index (χ3n) is 2.99. The number of anilines is 1. The minimum atomic E-state index is -2.57. The number of hydrogen-bond donors (Lipinski definition) is 0. The quantitative estimate of drug-likeness (QED) is 0.794. The monoisotopic (exact) mass is 245 g/mol. The molecule has 0 aliphatic carbocycles. The van der Waals surface area contributed by atoms with E-state index in [-0.39, 0.29) is 31.7 Å². The van der Waals surface area contributed by atoms with Crippen molar-refractivity contribution >= 4 is 5.69 Å². The van der Waals surface area contributed by atoms with Gasteiger partial charge in [-0.05, 0) is 12.1 Å². The summed E-state index contributed by atoms with van der Waals surface area (Å²) in [5, 5.41) is 0. The van der Waals surface area contributed by atoms with Crippen molar-refractivity contribution in [2.45, 2.75) is 18.8 Å². The minimum Gasteiger partial charge on any atom is -0.494 e. The molecule has 0 radical (unpaired) electrons. The zero-order chi connectivity index (χ0) is 12.5. The highest BCUT2D eigenvalue weighted by Gasteiger charge is 2.34. The lowest BCUT2D eigenvalue weighted by molar-refractivity contribution is -0.0220. The summed E-state index contributed by atoms with van der Waals surface area (Å²) < 4.78 is 44.0. The summed E-state index contributed by atoms with van der Waals surface area (Å²) in [6.45, 7) is 0.559. The van der Waals surface area contributed by atoms with E-state index in [0.29, 0.717) is 0 Å². The number of nitrogens with zero attached hydrogens (tertiary/aromatic N) is 1. The predicted molar refractivity (Wildman–Crippen MR) is 59.3 cm³/mol. The molecular weight excluding hydrogens is 231 g/mol. The summed E-state index contributed by atoms with van der Waals surface area (Å²) in [4.78, 5) is 1.82. The third kappa shape index (κ3) is 2.65. The maximum Gasteiger partial charge on any atom is 0.251 e. The van der Waals surface area contributed by atoms with Crippen molar-refractivity contribution in [2.75, 3.05) is 25.1 Å². The van der Waals surface area contributed by atoms with Gasteiger partial charge in [-0.3, -0.25) is 0 Å². The van der Waals surface area contributed by atoms with E-state index in [1.807, 2.05) is 4.90 Å². The first-order valence-electron chi connectivity index (χ1n) is 5.48. The highest BCUT2D eigenvalue weighted by molar-refractivity contribution is 5.51. The standard InChI is InChI=1S/C12H14F3NO/c1-17-11-8-9(2-3-10(11)13)16-6-4-12(14,15)5-7-16/h2-3,8H,4-7H2,1H3. The highest BCUT2D eigenvalue weighted by atomic mass is 19.3. The van der Waals surface area contributed by atoms with Gasteiger partial charge in [-0.2, -0.15) is 0 Å². The Hall–Kier alpha value is -1.39. The van der Waals surface area contributed by atoms with Gasteiger partial charge in [0.05, 0.1) is 7.11 Å². The van der Waals surface area contributed by atoms with Crippen molar-refractivity contribution in [3.05, 3.63) is 24.0 Å². The van der Waals surface area contributed by atoms with Crippen molar-refractivity contribution in [3.63, 3.8) is 0 Å².